The molecule has 0 N–H and O–H groups in total. The molecule has 1 heterocycles. The second-order valence-electron chi connectivity index (χ2n) is 4.74. The van der Waals surface area contributed by atoms with Crippen LogP contribution in [0.2, 0.25) is 5.02 Å². The lowest BCUT2D eigenvalue weighted by Crippen LogP contribution is -2.36. The Balaban J connectivity index is 2.11. The van der Waals surface area contributed by atoms with Crippen LogP contribution in [-0.4, -0.2) is 47.2 Å². The summed E-state index contributed by atoms with van der Waals surface area (Å²) in [5, 5.41) is 0.267. The topological polar surface area (TPSA) is 57.7 Å². The van der Waals surface area contributed by atoms with E-state index >= 15 is 0 Å². The lowest BCUT2D eigenvalue weighted by molar-refractivity contribution is -0.130. The smallest absolute Gasteiger partial charge is 0.263 e. The molecule has 21 heavy (non-hydrogen) atoms. The number of carbonyl (C=O) groups is 3. The summed E-state index contributed by atoms with van der Waals surface area (Å²) in [5.74, 6) is -0.875. The lowest BCUT2D eigenvalue weighted by Gasteiger charge is -2.20. The van der Waals surface area contributed by atoms with Crippen LogP contribution < -0.4 is 0 Å². The highest BCUT2D eigenvalue weighted by molar-refractivity contribution is 6.37. The van der Waals surface area contributed by atoms with E-state index in [1.165, 1.54) is 0 Å². The van der Waals surface area contributed by atoms with Gasteiger partial charge in [-0.15, -0.1) is 0 Å². The monoisotopic (exact) mass is 308 g/mol. The maximum atomic E-state index is 12.2. The minimum atomic E-state index is -0.423. The highest BCUT2D eigenvalue weighted by Crippen LogP contribution is 2.29. The van der Waals surface area contributed by atoms with Crippen LogP contribution in [0.15, 0.2) is 18.2 Å². The summed E-state index contributed by atoms with van der Waals surface area (Å²) in [4.78, 5) is 39.2. The van der Waals surface area contributed by atoms with Crippen molar-refractivity contribution in [3.63, 3.8) is 0 Å². The largest absolute Gasteiger partial charge is 0.343 e. The fourth-order valence-electron chi connectivity index (χ4n) is 2.44. The number of fused-ring (bicyclic) bond motifs is 1. The van der Waals surface area contributed by atoms with Gasteiger partial charge in [-0.3, -0.25) is 19.3 Å². The third-order valence-corrected chi connectivity index (χ3v) is 3.93. The molecule has 6 heteroatoms. The van der Waals surface area contributed by atoms with Crippen molar-refractivity contribution >= 4 is 29.3 Å². The van der Waals surface area contributed by atoms with E-state index in [0.717, 1.165) is 4.90 Å². The average Bonchev–Trinajstić information content (AvgIpc) is 2.71. The summed E-state index contributed by atoms with van der Waals surface area (Å²) in [5.41, 5.74) is 0.544. The van der Waals surface area contributed by atoms with Crippen LogP contribution in [0, 0.1) is 0 Å². The van der Waals surface area contributed by atoms with Gasteiger partial charge in [0.05, 0.1) is 16.1 Å². The predicted octanol–water partition coefficient (Wildman–Crippen LogP) is 2.19. The van der Waals surface area contributed by atoms with Crippen molar-refractivity contribution in [3.05, 3.63) is 34.3 Å². The van der Waals surface area contributed by atoms with Crippen LogP contribution in [0.1, 0.15) is 41.0 Å². The van der Waals surface area contributed by atoms with Crippen molar-refractivity contribution in [2.75, 3.05) is 19.6 Å². The predicted molar refractivity (Wildman–Crippen MR) is 79.4 cm³/mol. The third kappa shape index (κ3) is 2.78. The van der Waals surface area contributed by atoms with Crippen molar-refractivity contribution in [2.45, 2.75) is 20.3 Å². The summed E-state index contributed by atoms with van der Waals surface area (Å²) in [6.07, 6.45) is 0.130. The number of imide groups is 1. The average molecular weight is 309 g/mol. The number of amides is 3. The quantitative estimate of drug-likeness (QED) is 0.784. The van der Waals surface area contributed by atoms with Gasteiger partial charge in [-0.05, 0) is 26.0 Å². The summed E-state index contributed by atoms with van der Waals surface area (Å²) >= 11 is 5.98. The van der Waals surface area contributed by atoms with Gasteiger partial charge in [0.15, 0.2) is 0 Å². The Kier molecular flexibility index (Phi) is 4.63. The number of halogens is 1. The Hall–Kier alpha value is -1.88. The van der Waals surface area contributed by atoms with Crippen LogP contribution in [0.4, 0.5) is 0 Å². The van der Waals surface area contributed by atoms with Gasteiger partial charge in [-0.25, -0.2) is 0 Å². The summed E-state index contributed by atoms with van der Waals surface area (Å²) < 4.78 is 0. The first-order valence-corrected chi connectivity index (χ1v) is 7.31. The molecule has 0 atom stereocenters. The molecule has 0 aromatic heterocycles. The van der Waals surface area contributed by atoms with Gasteiger partial charge in [0.2, 0.25) is 5.91 Å². The Morgan fingerprint density at radius 2 is 1.86 bits per heavy atom. The number of nitrogens with zero attached hydrogens (tertiary/aromatic N) is 2. The van der Waals surface area contributed by atoms with Crippen LogP contribution in [0.25, 0.3) is 0 Å². The van der Waals surface area contributed by atoms with E-state index in [4.69, 9.17) is 11.6 Å². The molecule has 0 fully saturated rings. The molecular formula is C15H17ClN2O3. The minimum absolute atomic E-state index is 0.0670. The first-order valence-electron chi connectivity index (χ1n) is 6.93. The zero-order valence-corrected chi connectivity index (χ0v) is 12.8. The Morgan fingerprint density at radius 3 is 2.43 bits per heavy atom. The van der Waals surface area contributed by atoms with Gasteiger partial charge < -0.3 is 4.90 Å². The Labute approximate surface area is 128 Å². The first kappa shape index (κ1) is 15.5. The highest BCUT2D eigenvalue weighted by Gasteiger charge is 2.37. The van der Waals surface area contributed by atoms with Crippen molar-refractivity contribution in [1.29, 1.82) is 0 Å². The second-order valence-corrected chi connectivity index (χ2v) is 5.15. The maximum Gasteiger partial charge on any atom is 0.263 e. The molecule has 0 spiro atoms. The number of hydrogen-bond acceptors (Lipinski definition) is 3. The summed E-state index contributed by atoms with van der Waals surface area (Å²) in [6.45, 7) is 5.09. The minimum Gasteiger partial charge on any atom is -0.343 e. The fraction of sp³-hybridized carbons (Fsp3) is 0.400. The standard InChI is InChI=1S/C15H17ClN2O3/c1-3-17(4-2)12(19)8-9-18-14(20)10-6-5-7-11(16)13(10)15(18)21/h5-7H,3-4,8-9H2,1-2H3. The maximum absolute atomic E-state index is 12.2. The van der Waals surface area contributed by atoms with E-state index in [9.17, 15) is 14.4 Å². The molecule has 0 saturated carbocycles. The van der Waals surface area contributed by atoms with Gasteiger partial charge in [0.1, 0.15) is 0 Å². The Bertz CT molecular complexity index is 597. The van der Waals surface area contributed by atoms with Gasteiger partial charge in [-0.2, -0.15) is 0 Å². The van der Waals surface area contributed by atoms with Crippen molar-refractivity contribution in [1.82, 2.24) is 9.80 Å². The Morgan fingerprint density at radius 1 is 1.19 bits per heavy atom. The second kappa shape index (κ2) is 6.26. The molecule has 1 aromatic carbocycles. The molecule has 0 unspecified atom stereocenters. The van der Waals surface area contributed by atoms with Crippen LogP contribution >= 0.6 is 11.6 Å². The molecule has 1 aliphatic heterocycles. The number of benzene rings is 1. The molecular weight excluding hydrogens is 292 g/mol. The first-order chi connectivity index (χ1) is 10.0. The highest BCUT2D eigenvalue weighted by atomic mass is 35.5. The van der Waals surface area contributed by atoms with Crippen molar-refractivity contribution in [3.8, 4) is 0 Å². The zero-order chi connectivity index (χ0) is 15.6. The van der Waals surface area contributed by atoms with Crippen molar-refractivity contribution in [2.24, 2.45) is 0 Å². The van der Waals surface area contributed by atoms with E-state index < -0.39 is 5.91 Å². The van der Waals surface area contributed by atoms with Gasteiger partial charge in [0.25, 0.3) is 11.8 Å². The summed E-state index contributed by atoms with van der Waals surface area (Å²) in [6, 6.07) is 4.79. The van der Waals surface area contributed by atoms with Crippen LogP contribution in [0.5, 0.6) is 0 Å². The molecule has 0 bridgehead atoms. The van der Waals surface area contributed by atoms with Gasteiger partial charge in [-0.1, -0.05) is 17.7 Å². The molecule has 3 amide bonds. The van der Waals surface area contributed by atoms with E-state index in [1.807, 2.05) is 13.8 Å². The van der Waals surface area contributed by atoms with E-state index in [1.54, 1.807) is 23.1 Å². The molecule has 1 aromatic rings. The molecule has 0 radical (unpaired) electrons. The van der Waals surface area contributed by atoms with E-state index in [2.05, 4.69) is 0 Å². The molecule has 112 valence electrons. The van der Waals surface area contributed by atoms with E-state index in [-0.39, 0.29) is 35.4 Å². The van der Waals surface area contributed by atoms with Gasteiger partial charge >= 0.3 is 0 Å². The van der Waals surface area contributed by atoms with Crippen LogP contribution in [0.3, 0.4) is 0 Å². The molecule has 0 saturated heterocycles. The van der Waals surface area contributed by atoms with Crippen LogP contribution in [-0.2, 0) is 4.79 Å². The lowest BCUT2D eigenvalue weighted by atomic mass is 10.1. The molecule has 0 aliphatic carbocycles. The fourth-order valence-corrected chi connectivity index (χ4v) is 2.69. The van der Waals surface area contributed by atoms with E-state index in [0.29, 0.717) is 18.7 Å². The third-order valence-electron chi connectivity index (χ3n) is 3.61. The summed E-state index contributed by atoms with van der Waals surface area (Å²) in [7, 11) is 0. The SMILES string of the molecule is CCN(CC)C(=O)CCN1C(=O)c2cccc(Cl)c2C1=O. The zero-order valence-electron chi connectivity index (χ0n) is 12.1. The normalized spacial score (nSPS) is 13.6. The van der Waals surface area contributed by atoms with Gasteiger partial charge in [0, 0.05) is 26.1 Å². The molecule has 5 nitrogen and oxygen atoms in total. The number of hydrogen-bond donors (Lipinski definition) is 0. The molecule has 1 aliphatic rings. The van der Waals surface area contributed by atoms with Crippen molar-refractivity contribution < 1.29 is 14.4 Å². The molecule has 2 rings (SSSR count). The number of carbonyl (C=O) groups excluding carboxylic acids is 3. The number of rotatable bonds is 5.